The first-order valence-corrected chi connectivity index (χ1v) is 11.7. The Labute approximate surface area is 194 Å². The largest absolute Gasteiger partial charge is 0.497 e. The minimum atomic E-state index is -0.112. The molecule has 0 bridgehead atoms. The van der Waals surface area contributed by atoms with E-state index in [1.54, 1.807) is 42.7 Å². The molecule has 0 fully saturated rings. The number of benzene rings is 2. The van der Waals surface area contributed by atoms with Crippen LogP contribution in [0, 0.1) is 0 Å². The molecular weight excluding hydrogens is 444 g/mol. The predicted octanol–water partition coefficient (Wildman–Crippen LogP) is 4.29. The van der Waals surface area contributed by atoms with E-state index < -0.39 is 0 Å². The number of nitrogens with one attached hydrogen (secondary N) is 2. The van der Waals surface area contributed by atoms with Crippen LogP contribution in [0.2, 0.25) is 0 Å². The summed E-state index contributed by atoms with van der Waals surface area (Å²) in [5.41, 5.74) is 2.75. The number of carbonyl (C=O) groups excluding carboxylic acids is 1. The van der Waals surface area contributed by atoms with Crippen molar-refractivity contribution in [1.29, 1.82) is 0 Å². The van der Waals surface area contributed by atoms with E-state index in [1.807, 2.05) is 47.3 Å². The van der Waals surface area contributed by atoms with Crippen molar-refractivity contribution in [2.24, 2.45) is 7.05 Å². The molecule has 2 aromatic heterocycles. The maximum Gasteiger partial charge on any atom is 0.234 e. The van der Waals surface area contributed by atoms with Gasteiger partial charge in [-0.25, -0.2) is 4.98 Å². The second-order valence-electron chi connectivity index (χ2n) is 6.78. The maximum absolute atomic E-state index is 12.2. The lowest BCUT2D eigenvalue weighted by molar-refractivity contribution is -0.113. The average molecular weight is 467 g/mol. The van der Waals surface area contributed by atoms with Crippen molar-refractivity contribution in [3.8, 4) is 17.0 Å². The van der Waals surface area contributed by atoms with Gasteiger partial charge in [0.1, 0.15) is 5.75 Å². The van der Waals surface area contributed by atoms with Gasteiger partial charge in [-0.3, -0.25) is 4.79 Å². The van der Waals surface area contributed by atoms with Crippen LogP contribution < -0.4 is 15.4 Å². The van der Waals surface area contributed by atoms with Crippen molar-refractivity contribution >= 4 is 39.8 Å². The molecular formula is C22H22N6O2S2. The number of methoxy groups -OCH3 is 1. The average Bonchev–Trinajstić information content (AvgIpc) is 3.44. The van der Waals surface area contributed by atoms with Crippen LogP contribution in [0.1, 0.15) is 5.82 Å². The molecule has 0 aliphatic carbocycles. The summed E-state index contributed by atoms with van der Waals surface area (Å²) in [5.74, 6) is 1.63. The van der Waals surface area contributed by atoms with Crippen molar-refractivity contribution in [3.63, 3.8) is 0 Å². The fourth-order valence-corrected chi connectivity index (χ4v) is 4.33. The molecule has 1 amide bonds. The Hall–Kier alpha value is -3.37. The summed E-state index contributed by atoms with van der Waals surface area (Å²) in [7, 11) is 3.49. The van der Waals surface area contributed by atoms with E-state index in [0.717, 1.165) is 33.7 Å². The van der Waals surface area contributed by atoms with Gasteiger partial charge < -0.3 is 19.9 Å². The third kappa shape index (κ3) is 5.45. The van der Waals surface area contributed by atoms with Gasteiger partial charge >= 0.3 is 0 Å². The number of nitrogens with zero attached hydrogens (tertiary/aromatic N) is 4. The molecule has 0 spiro atoms. The van der Waals surface area contributed by atoms with Crippen LogP contribution in [-0.2, 0) is 18.4 Å². The number of hydrogen-bond donors (Lipinski definition) is 2. The summed E-state index contributed by atoms with van der Waals surface area (Å²) < 4.78 is 7.00. The van der Waals surface area contributed by atoms with Gasteiger partial charge in [-0.1, -0.05) is 42.1 Å². The minimum Gasteiger partial charge on any atom is -0.497 e. The molecule has 0 unspecified atom stereocenters. The Balaban J connectivity index is 1.28. The van der Waals surface area contributed by atoms with Crippen LogP contribution in [0.25, 0.3) is 11.3 Å². The van der Waals surface area contributed by atoms with Crippen molar-refractivity contribution in [2.75, 3.05) is 23.5 Å². The van der Waals surface area contributed by atoms with Gasteiger partial charge in [0.15, 0.2) is 16.1 Å². The number of anilines is 2. The fourth-order valence-electron chi connectivity index (χ4n) is 2.88. The third-order valence-electron chi connectivity index (χ3n) is 4.60. The topological polar surface area (TPSA) is 94.0 Å². The van der Waals surface area contributed by atoms with Gasteiger partial charge in [-0.05, 0) is 24.3 Å². The van der Waals surface area contributed by atoms with Gasteiger partial charge in [-0.2, -0.15) is 0 Å². The van der Waals surface area contributed by atoms with E-state index in [4.69, 9.17) is 4.74 Å². The zero-order valence-corrected chi connectivity index (χ0v) is 19.2. The lowest BCUT2D eigenvalue weighted by Gasteiger charge is -2.07. The molecule has 32 heavy (non-hydrogen) atoms. The molecule has 0 saturated carbocycles. The van der Waals surface area contributed by atoms with Crippen LogP contribution in [0.5, 0.6) is 5.75 Å². The van der Waals surface area contributed by atoms with E-state index >= 15 is 0 Å². The lowest BCUT2D eigenvalue weighted by atomic mass is 10.2. The number of amides is 1. The second-order valence-corrected chi connectivity index (χ2v) is 8.58. The van der Waals surface area contributed by atoms with E-state index in [0.29, 0.717) is 11.7 Å². The highest BCUT2D eigenvalue weighted by Crippen LogP contribution is 2.25. The van der Waals surface area contributed by atoms with Gasteiger partial charge in [0.25, 0.3) is 0 Å². The molecule has 0 saturated heterocycles. The van der Waals surface area contributed by atoms with E-state index in [2.05, 4.69) is 25.8 Å². The first-order valence-electron chi connectivity index (χ1n) is 9.82. The van der Waals surface area contributed by atoms with E-state index in [1.165, 1.54) is 11.8 Å². The summed E-state index contributed by atoms with van der Waals surface area (Å²) in [6, 6.07) is 17.3. The molecule has 2 N–H and O–H groups in total. The molecule has 0 aliphatic rings. The second kappa shape index (κ2) is 10.3. The Morgan fingerprint density at radius 1 is 1.12 bits per heavy atom. The highest BCUT2D eigenvalue weighted by molar-refractivity contribution is 7.99. The van der Waals surface area contributed by atoms with Crippen LogP contribution in [0.4, 0.5) is 10.8 Å². The summed E-state index contributed by atoms with van der Waals surface area (Å²) in [4.78, 5) is 16.9. The lowest BCUT2D eigenvalue weighted by Crippen LogP contribution is -2.14. The molecule has 8 nitrogen and oxygen atoms in total. The molecule has 4 aromatic rings. The quantitative estimate of drug-likeness (QED) is 0.355. The highest BCUT2D eigenvalue weighted by atomic mass is 32.2. The number of aromatic nitrogens is 4. The molecule has 164 valence electrons. The van der Waals surface area contributed by atoms with Crippen LogP contribution >= 0.6 is 23.1 Å². The first kappa shape index (κ1) is 21.8. The standard InChI is InChI=1S/C22H22N6O2S2/c1-28-19(12-23-21-25-18(13-31-21)15-6-4-3-5-7-15)26-27-22(28)32-14-20(29)24-16-8-10-17(30-2)11-9-16/h3-11,13H,12,14H2,1-2H3,(H,23,25)(H,24,29). The SMILES string of the molecule is COc1ccc(NC(=O)CSc2nnc(CNc3nc(-c4ccccc4)cs3)n2C)cc1. The van der Waals surface area contributed by atoms with Gasteiger partial charge in [0.05, 0.1) is 25.1 Å². The van der Waals surface area contributed by atoms with E-state index in [-0.39, 0.29) is 11.7 Å². The summed E-state index contributed by atoms with van der Waals surface area (Å²) in [6.45, 7) is 0.490. The van der Waals surface area contributed by atoms with Crippen LogP contribution in [0.3, 0.4) is 0 Å². The Morgan fingerprint density at radius 2 is 1.91 bits per heavy atom. The molecule has 2 aromatic carbocycles. The highest BCUT2D eigenvalue weighted by Gasteiger charge is 2.12. The summed E-state index contributed by atoms with van der Waals surface area (Å²) >= 11 is 2.89. The zero-order chi connectivity index (χ0) is 22.3. The maximum atomic E-state index is 12.2. The molecule has 4 rings (SSSR count). The Morgan fingerprint density at radius 3 is 2.66 bits per heavy atom. The summed E-state index contributed by atoms with van der Waals surface area (Å²) in [5, 5.41) is 18.1. The molecule has 0 radical (unpaired) electrons. The minimum absolute atomic E-state index is 0.112. The van der Waals surface area contributed by atoms with Gasteiger partial charge in [0, 0.05) is 23.7 Å². The van der Waals surface area contributed by atoms with Crippen molar-refractivity contribution < 1.29 is 9.53 Å². The van der Waals surface area contributed by atoms with E-state index in [9.17, 15) is 4.79 Å². The van der Waals surface area contributed by atoms with Crippen molar-refractivity contribution in [2.45, 2.75) is 11.7 Å². The fraction of sp³-hybridized carbons (Fsp3) is 0.182. The Kier molecular flexibility index (Phi) is 7.03. The van der Waals surface area contributed by atoms with Crippen LogP contribution in [-0.4, -0.2) is 38.5 Å². The molecule has 0 aliphatic heterocycles. The Bertz CT molecular complexity index is 1170. The number of ether oxygens (including phenoxy) is 1. The molecule has 2 heterocycles. The summed E-state index contributed by atoms with van der Waals surface area (Å²) in [6.07, 6.45) is 0. The monoisotopic (exact) mass is 466 g/mol. The number of thiazole rings is 1. The third-order valence-corrected chi connectivity index (χ3v) is 6.42. The van der Waals surface area contributed by atoms with Gasteiger partial charge in [0.2, 0.25) is 5.91 Å². The van der Waals surface area contributed by atoms with Crippen LogP contribution in [0.15, 0.2) is 65.1 Å². The number of carbonyl (C=O) groups is 1. The van der Waals surface area contributed by atoms with Gasteiger partial charge in [-0.15, -0.1) is 21.5 Å². The van der Waals surface area contributed by atoms with Crippen molar-refractivity contribution in [3.05, 3.63) is 65.8 Å². The first-order chi connectivity index (χ1) is 15.6. The smallest absolute Gasteiger partial charge is 0.234 e. The number of hydrogen-bond acceptors (Lipinski definition) is 8. The number of rotatable bonds is 9. The van der Waals surface area contributed by atoms with Crippen molar-refractivity contribution in [1.82, 2.24) is 19.7 Å². The predicted molar refractivity (Wildman–Crippen MR) is 128 cm³/mol. The molecule has 10 heteroatoms. The number of thioether (sulfide) groups is 1. The molecule has 0 atom stereocenters. The zero-order valence-electron chi connectivity index (χ0n) is 17.6. The normalized spacial score (nSPS) is 10.7.